The fraction of sp³-hybridized carbons (Fsp3) is 0.357. The molecule has 0 amide bonds. The van der Waals surface area contributed by atoms with Gasteiger partial charge in [0.1, 0.15) is 0 Å². The second-order valence-electron chi connectivity index (χ2n) is 4.37. The maximum Gasteiger partial charge on any atom is 0.0794 e. The molecule has 3 nitrogen and oxygen atoms in total. The molecule has 2 unspecified atom stereocenters. The third-order valence-electron chi connectivity index (χ3n) is 3.27. The van der Waals surface area contributed by atoms with Crippen molar-refractivity contribution in [3.63, 3.8) is 0 Å². The first-order valence-electron chi connectivity index (χ1n) is 6.23. The maximum atomic E-state index is 5.74. The molecule has 3 N–H and O–H groups in total. The third kappa shape index (κ3) is 3.16. The van der Waals surface area contributed by atoms with Crippen LogP contribution in [0.1, 0.15) is 29.7 Å². The van der Waals surface area contributed by atoms with Crippen molar-refractivity contribution in [1.29, 1.82) is 0 Å². The molecule has 96 valence electrons. The Morgan fingerprint density at radius 3 is 2.67 bits per heavy atom. The van der Waals surface area contributed by atoms with Crippen LogP contribution in [0.25, 0.3) is 0 Å². The van der Waals surface area contributed by atoms with Crippen molar-refractivity contribution in [2.45, 2.75) is 31.7 Å². The Morgan fingerprint density at radius 1 is 1.33 bits per heavy atom. The van der Waals surface area contributed by atoms with Gasteiger partial charge >= 0.3 is 0 Å². The van der Waals surface area contributed by atoms with Crippen LogP contribution in [0.5, 0.6) is 0 Å². The van der Waals surface area contributed by atoms with E-state index in [1.165, 1.54) is 10.4 Å². The number of nitrogens with zero attached hydrogens (tertiary/aromatic N) is 1. The zero-order chi connectivity index (χ0) is 12.8. The number of thiazole rings is 1. The molecule has 0 saturated carbocycles. The summed E-state index contributed by atoms with van der Waals surface area (Å²) in [6, 6.07) is 10.8. The summed E-state index contributed by atoms with van der Waals surface area (Å²) >= 11 is 1.68. The van der Waals surface area contributed by atoms with Gasteiger partial charge in [-0.15, -0.1) is 11.3 Å². The van der Waals surface area contributed by atoms with Crippen LogP contribution in [0.15, 0.2) is 42.0 Å². The van der Waals surface area contributed by atoms with Gasteiger partial charge in [-0.2, -0.15) is 0 Å². The minimum atomic E-state index is 0.248. The van der Waals surface area contributed by atoms with Crippen LogP contribution in [0.4, 0.5) is 0 Å². The first-order valence-corrected chi connectivity index (χ1v) is 7.11. The van der Waals surface area contributed by atoms with Crippen LogP contribution in [-0.2, 0) is 6.42 Å². The summed E-state index contributed by atoms with van der Waals surface area (Å²) in [4.78, 5) is 5.39. The average molecular weight is 261 g/mol. The predicted octanol–water partition coefficient (Wildman–Crippen LogP) is 2.71. The number of hydrogen-bond donors (Lipinski definition) is 2. The zero-order valence-corrected chi connectivity index (χ0v) is 11.4. The van der Waals surface area contributed by atoms with Gasteiger partial charge < -0.3 is 0 Å². The predicted molar refractivity (Wildman–Crippen MR) is 76.4 cm³/mol. The van der Waals surface area contributed by atoms with Gasteiger partial charge in [-0.05, 0) is 12.0 Å². The summed E-state index contributed by atoms with van der Waals surface area (Å²) in [5.41, 5.74) is 6.18. The number of hydrogen-bond acceptors (Lipinski definition) is 4. The molecule has 0 fully saturated rings. The molecule has 0 spiro atoms. The molecule has 18 heavy (non-hydrogen) atoms. The average Bonchev–Trinajstić information content (AvgIpc) is 2.92. The van der Waals surface area contributed by atoms with Gasteiger partial charge in [0.2, 0.25) is 0 Å². The summed E-state index contributed by atoms with van der Waals surface area (Å²) in [5.74, 6) is 6.17. The molecule has 0 bridgehead atoms. The number of nitrogens with one attached hydrogen (secondary N) is 1. The van der Waals surface area contributed by atoms with Crippen LogP contribution < -0.4 is 11.3 Å². The summed E-state index contributed by atoms with van der Waals surface area (Å²) in [6.07, 6.45) is 3.92. The summed E-state index contributed by atoms with van der Waals surface area (Å²) in [5, 5.41) is 0. The van der Waals surface area contributed by atoms with Crippen LogP contribution in [-0.4, -0.2) is 11.0 Å². The topological polar surface area (TPSA) is 50.9 Å². The summed E-state index contributed by atoms with van der Waals surface area (Å²) < 4.78 is 0. The Hall–Kier alpha value is -1.23. The lowest BCUT2D eigenvalue weighted by Crippen LogP contribution is -2.41. The van der Waals surface area contributed by atoms with Crippen LogP contribution >= 0.6 is 11.3 Å². The lowest BCUT2D eigenvalue weighted by molar-refractivity contribution is 0.429. The fourth-order valence-electron chi connectivity index (χ4n) is 2.33. The minimum absolute atomic E-state index is 0.248. The van der Waals surface area contributed by atoms with E-state index in [2.05, 4.69) is 41.6 Å². The van der Waals surface area contributed by atoms with Gasteiger partial charge in [-0.25, -0.2) is 0 Å². The van der Waals surface area contributed by atoms with Gasteiger partial charge in [0.15, 0.2) is 0 Å². The zero-order valence-electron chi connectivity index (χ0n) is 10.5. The molecule has 4 heteroatoms. The van der Waals surface area contributed by atoms with Crippen molar-refractivity contribution < 1.29 is 0 Å². The van der Waals surface area contributed by atoms with Crippen LogP contribution in [0.3, 0.4) is 0 Å². The number of hydrazine groups is 1. The molecule has 1 heterocycles. The number of rotatable bonds is 6. The molecule has 0 aliphatic heterocycles. The highest BCUT2D eigenvalue weighted by molar-refractivity contribution is 7.09. The Bertz CT molecular complexity index is 441. The molecule has 2 aromatic rings. The van der Waals surface area contributed by atoms with Gasteiger partial charge in [-0.3, -0.25) is 16.3 Å². The fourth-order valence-corrected chi connectivity index (χ4v) is 2.98. The van der Waals surface area contributed by atoms with E-state index >= 15 is 0 Å². The number of nitrogens with two attached hydrogens (primary N) is 1. The lowest BCUT2D eigenvalue weighted by Gasteiger charge is -2.25. The van der Waals surface area contributed by atoms with Crippen LogP contribution in [0, 0.1) is 0 Å². The monoisotopic (exact) mass is 261 g/mol. The molecule has 2 atom stereocenters. The van der Waals surface area contributed by atoms with Crippen molar-refractivity contribution in [2.24, 2.45) is 5.84 Å². The highest BCUT2D eigenvalue weighted by atomic mass is 32.1. The first kappa shape index (κ1) is 13.2. The second-order valence-corrected chi connectivity index (χ2v) is 5.34. The molecule has 0 aliphatic carbocycles. The van der Waals surface area contributed by atoms with Crippen molar-refractivity contribution in [1.82, 2.24) is 10.4 Å². The molecule has 1 aromatic heterocycles. The van der Waals surface area contributed by atoms with Crippen molar-refractivity contribution in [3.8, 4) is 0 Å². The number of aromatic nitrogens is 1. The summed E-state index contributed by atoms with van der Waals surface area (Å²) in [7, 11) is 0. The lowest BCUT2D eigenvalue weighted by atomic mass is 9.87. The van der Waals surface area contributed by atoms with Crippen molar-refractivity contribution in [3.05, 3.63) is 52.5 Å². The van der Waals surface area contributed by atoms with Crippen molar-refractivity contribution >= 4 is 11.3 Å². The van der Waals surface area contributed by atoms with E-state index in [9.17, 15) is 0 Å². The highest BCUT2D eigenvalue weighted by Crippen LogP contribution is 2.25. The maximum absolute atomic E-state index is 5.74. The highest BCUT2D eigenvalue weighted by Gasteiger charge is 2.21. The standard InChI is InChI=1S/C14H19N3S/c1-2-13(11-6-4-3-5-7-11)14(17-15)8-12-9-16-10-18-12/h3-7,9-10,13-14,17H,2,8,15H2,1H3. The summed E-state index contributed by atoms with van der Waals surface area (Å²) in [6.45, 7) is 2.20. The molecule has 0 saturated heterocycles. The van der Waals surface area contributed by atoms with Gasteiger partial charge in [0, 0.05) is 29.5 Å². The van der Waals surface area contributed by atoms with Gasteiger partial charge in [0.25, 0.3) is 0 Å². The van der Waals surface area contributed by atoms with E-state index in [-0.39, 0.29) is 6.04 Å². The molecule has 0 radical (unpaired) electrons. The normalized spacial score (nSPS) is 14.3. The Balaban J connectivity index is 2.14. The number of benzene rings is 1. The SMILES string of the molecule is CCC(c1ccccc1)C(Cc1cncs1)NN. The first-order chi connectivity index (χ1) is 8.85. The largest absolute Gasteiger partial charge is 0.271 e. The molecular formula is C14H19N3S. The molecular weight excluding hydrogens is 242 g/mol. The molecule has 2 rings (SSSR count). The smallest absolute Gasteiger partial charge is 0.0794 e. The Kier molecular flexibility index (Phi) is 4.87. The quantitative estimate of drug-likeness (QED) is 0.621. The Morgan fingerprint density at radius 2 is 2.11 bits per heavy atom. The van der Waals surface area contributed by atoms with E-state index in [4.69, 9.17) is 5.84 Å². The van der Waals surface area contributed by atoms with E-state index in [0.29, 0.717) is 5.92 Å². The minimum Gasteiger partial charge on any atom is -0.271 e. The molecule has 1 aromatic carbocycles. The van der Waals surface area contributed by atoms with Gasteiger partial charge in [-0.1, -0.05) is 37.3 Å². The van der Waals surface area contributed by atoms with Crippen molar-refractivity contribution in [2.75, 3.05) is 0 Å². The van der Waals surface area contributed by atoms with Gasteiger partial charge in [0.05, 0.1) is 5.51 Å². The second kappa shape index (κ2) is 6.64. The Labute approximate surface area is 112 Å². The van der Waals surface area contributed by atoms with E-state index in [1.807, 2.05) is 17.8 Å². The van der Waals surface area contributed by atoms with Crippen LogP contribution in [0.2, 0.25) is 0 Å². The van der Waals surface area contributed by atoms with E-state index in [0.717, 1.165) is 12.8 Å². The molecule has 0 aliphatic rings. The van der Waals surface area contributed by atoms with E-state index in [1.54, 1.807) is 11.3 Å². The third-order valence-corrected chi connectivity index (χ3v) is 4.07. The van der Waals surface area contributed by atoms with E-state index < -0.39 is 0 Å².